The zero-order chi connectivity index (χ0) is 11.7. The summed E-state index contributed by atoms with van der Waals surface area (Å²) in [5.41, 5.74) is -0.341. The Hall–Kier alpha value is -0.160. The normalized spacial score (nSPS) is 15.6. The lowest BCUT2D eigenvalue weighted by Crippen LogP contribution is -2.49. The van der Waals surface area contributed by atoms with Crippen molar-refractivity contribution in [1.29, 1.82) is 0 Å². The highest BCUT2D eigenvalue weighted by molar-refractivity contribution is 4.81. The fourth-order valence-electron chi connectivity index (χ4n) is 1.22. The molecule has 0 aromatic carbocycles. The van der Waals surface area contributed by atoms with Crippen LogP contribution in [0.4, 0.5) is 0 Å². The second-order valence-corrected chi connectivity index (χ2v) is 4.22. The van der Waals surface area contributed by atoms with Crippen LogP contribution in [0.1, 0.15) is 27.7 Å². The average molecular weight is 219 g/mol. The lowest BCUT2D eigenvalue weighted by Gasteiger charge is -2.28. The molecule has 4 heteroatoms. The van der Waals surface area contributed by atoms with Crippen LogP contribution in [0.3, 0.4) is 0 Å². The molecule has 0 aliphatic rings. The molecule has 15 heavy (non-hydrogen) atoms. The zero-order valence-electron chi connectivity index (χ0n) is 10.4. The van der Waals surface area contributed by atoms with Crippen LogP contribution >= 0.6 is 0 Å². The van der Waals surface area contributed by atoms with Gasteiger partial charge in [-0.25, -0.2) is 0 Å². The average Bonchev–Trinajstić information content (AvgIpc) is 2.17. The Balaban J connectivity index is 3.54. The van der Waals surface area contributed by atoms with Gasteiger partial charge in [-0.15, -0.1) is 0 Å². The maximum atomic E-state index is 9.19. The van der Waals surface area contributed by atoms with E-state index in [2.05, 4.69) is 5.32 Å². The molecule has 0 spiro atoms. The van der Waals surface area contributed by atoms with Gasteiger partial charge in [-0.2, -0.15) is 0 Å². The number of aliphatic hydroxyl groups excluding tert-OH is 1. The number of likely N-dealkylation sites (N-methyl/N-ethyl adjacent to an activating group) is 1. The molecule has 0 saturated heterocycles. The van der Waals surface area contributed by atoms with Gasteiger partial charge in [0.15, 0.2) is 0 Å². The minimum atomic E-state index is -0.341. The van der Waals surface area contributed by atoms with E-state index in [0.717, 1.165) is 6.54 Å². The molecule has 0 aliphatic heterocycles. The maximum absolute atomic E-state index is 9.19. The van der Waals surface area contributed by atoms with Crippen LogP contribution in [0.2, 0.25) is 0 Å². The number of aliphatic hydroxyl groups is 1. The van der Waals surface area contributed by atoms with Gasteiger partial charge in [-0.05, 0) is 27.3 Å². The maximum Gasteiger partial charge on any atom is 0.0703 e. The lowest BCUT2D eigenvalue weighted by molar-refractivity contribution is -0.00667. The quantitative estimate of drug-likeness (QED) is 0.563. The largest absolute Gasteiger partial charge is 0.394 e. The van der Waals surface area contributed by atoms with Crippen molar-refractivity contribution < 1.29 is 14.6 Å². The summed E-state index contributed by atoms with van der Waals surface area (Å²) < 4.78 is 10.8. The summed E-state index contributed by atoms with van der Waals surface area (Å²) in [4.78, 5) is 0. The van der Waals surface area contributed by atoms with E-state index in [1.54, 1.807) is 0 Å². The molecular weight excluding hydrogens is 194 g/mol. The molecule has 0 saturated carbocycles. The van der Waals surface area contributed by atoms with Gasteiger partial charge in [-0.1, -0.05) is 6.92 Å². The van der Waals surface area contributed by atoms with Crippen molar-refractivity contribution in [3.05, 3.63) is 0 Å². The Labute approximate surface area is 93.0 Å². The minimum absolute atomic E-state index is 0.0753. The standard InChI is InChI=1S/C11H25NO3/c1-5-12-11(4,8-13)9-14-6-7-15-10(2)3/h10,12-13H,5-9H2,1-4H3. The van der Waals surface area contributed by atoms with Crippen LogP contribution in [-0.2, 0) is 9.47 Å². The molecule has 1 atom stereocenters. The topological polar surface area (TPSA) is 50.7 Å². The first-order chi connectivity index (χ1) is 7.04. The highest BCUT2D eigenvalue weighted by atomic mass is 16.5. The molecule has 0 heterocycles. The Bertz CT molecular complexity index is 153. The third-order valence-electron chi connectivity index (χ3n) is 2.05. The molecule has 0 amide bonds. The number of ether oxygens (including phenoxy) is 2. The first-order valence-corrected chi connectivity index (χ1v) is 5.59. The van der Waals surface area contributed by atoms with E-state index in [-0.39, 0.29) is 18.2 Å². The molecule has 92 valence electrons. The zero-order valence-corrected chi connectivity index (χ0v) is 10.4. The molecule has 0 radical (unpaired) electrons. The van der Waals surface area contributed by atoms with Crippen molar-refractivity contribution in [3.63, 3.8) is 0 Å². The van der Waals surface area contributed by atoms with Crippen molar-refractivity contribution >= 4 is 0 Å². The monoisotopic (exact) mass is 219 g/mol. The first kappa shape index (κ1) is 14.8. The highest BCUT2D eigenvalue weighted by Gasteiger charge is 2.21. The molecule has 0 fully saturated rings. The van der Waals surface area contributed by atoms with Gasteiger partial charge >= 0.3 is 0 Å². The molecule has 0 bridgehead atoms. The number of hydrogen-bond donors (Lipinski definition) is 2. The molecule has 0 aromatic rings. The van der Waals surface area contributed by atoms with E-state index in [4.69, 9.17) is 9.47 Å². The molecule has 0 rings (SSSR count). The van der Waals surface area contributed by atoms with E-state index in [1.807, 2.05) is 27.7 Å². The van der Waals surface area contributed by atoms with E-state index in [9.17, 15) is 5.11 Å². The van der Waals surface area contributed by atoms with Crippen molar-refractivity contribution in [1.82, 2.24) is 5.32 Å². The fourth-order valence-corrected chi connectivity index (χ4v) is 1.22. The third-order valence-corrected chi connectivity index (χ3v) is 2.05. The summed E-state index contributed by atoms with van der Waals surface area (Å²) in [5.74, 6) is 0. The van der Waals surface area contributed by atoms with Gasteiger partial charge in [0.25, 0.3) is 0 Å². The minimum Gasteiger partial charge on any atom is -0.394 e. The van der Waals surface area contributed by atoms with Crippen LogP contribution in [-0.4, -0.2) is 49.7 Å². The summed E-state index contributed by atoms with van der Waals surface area (Å²) in [6.07, 6.45) is 0.242. The van der Waals surface area contributed by atoms with E-state index in [1.165, 1.54) is 0 Å². The smallest absolute Gasteiger partial charge is 0.0703 e. The second-order valence-electron chi connectivity index (χ2n) is 4.22. The summed E-state index contributed by atoms with van der Waals surface area (Å²) >= 11 is 0. The highest BCUT2D eigenvalue weighted by Crippen LogP contribution is 2.02. The summed E-state index contributed by atoms with van der Waals surface area (Å²) in [6.45, 7) is 10.5. The molecule has 4 nitrogen and oxygen atoms in total. The van der Waals surface area contributed by atoms with Crippen LogP contribution in [0, 0.1) is 0 Å². The summed E-state index contributed by atoms with van der Waals surface area (Å²) in [5, 5.41) is 12.4. The Morgan fingerprint density at radius 2 is 2.00 bits per heavy atom. The van der Waals surface area contributed by atoms with Gasteiger partial charge in [0, 0.05) is 0 Å². The molecule has 0 aromatic heterocycles. The molecule has 2 N–H and O–H groups in total. The SMILES string of the molecule is CCNC(C)(CO)COCCOC(C)C. The van der Waals surface area contributed by atoms with Crippen molar-refractivity contribution in [2.24, 2.45) is 0 Å². The summed E-state index contributed by atoms with van der Waals surface area (Å²) in [6, 6.07) is 0. The Morgan fingerprint density at radius 3 is 2.47 bits per heavy atom. The summed E-state index contributed by atoms with van der Waals surface area (Å²) in [7, 11) is 0. The van der Waals surface area contributed by atoms with Crippen molar-refractivity contribution in [2.45, 2.75) is 39.3 Å². The second kappa shape index (κ2) is 8.05. The van der Waals surface area contributed by atoms with Gasteiger partial charge in [0.2, 0.25) is 0 Å². The number of rotatable bonds is 9. The van der Waals surface area contributed by atoms with Crippen LogP contribution in [0.5, 0.6) is 0 Å². The Morgan fingerprint density at radius 1 is 1.33 bits per heavy atom. The predicted octanol–water partition coefficient (Wildman–Crippen LogP) is 0.788. The van der Waals surface area contributed by atoms with Gasteiger partial charge in [0.1, 0.15) is 0 Å². The molecule has 0 aliphatic carbocycles. The number of nitrogens with one attached hydrogen (secondary N) is 1. The Kier molecular flexibility index (Phi) is 7.96. The van der Waals surface area contributed by atoms with Crippen LogP contribution in [0.25, 0.3) is 0 Å². The fraction of sp³-hybridized carbons (Fsp3) is 1.00. The van der Waals surface area contributed by atoms with E-state index >= 15 is 0 Å². The van der Waals surface area contributed by atoms with E-state index < -0.39 is 0 Å². The van der Waals surface area contributed by atoms with Crippen LogP contribution in [0.15, 0.2) is 0 Å². The first-order valence-electron chi connectivity index (χ1n) is 5.59. The molecule has 1 unspecified atom stereocenters. The number of hydrogen-bond acceptors (Lipinski definition) is 4. The van der Waals surface area contributed by atoms with Crippen molar-refractivity contribution in [2.75, 3.05) is 33.0 Å². The third kappa shape index (κ3) is 7.73. The van der Waals surface area contributed by atoms with Gasteiger partial charge in [-0.3, -0.25) is 0 Å². The van der Waals surface area contributed by atoms with Crippen molar-refractivity contribution in [3.8, 4) is 0 Å². The lowest BCUT2D eigenvalue weighted by atomic mass is 10.1. The predicted molar refractivity (Wildman–Crippen MR) is 61.1 cm³/mol. The van der Waals surface area contributed by atoms with Gasteiger partial charge in [0.05, 0.1) is 38.1 Å². The van der Waals surface area contributed by atoms with Gasteiger partial charge < -0.3 is 19.9 Å². The van der Waals surface area contributed by atoms with E-state index in [0.29, 0.717) is 19.8 Å². The molecular formula is C11H25NO3. The van der Waals surface area contributed by atoms with Crippen LogP contribution < -0.4 is 5.32 Å².